The van der Waals surface area contributed by atoms with Crippen LogP contribution in [-0.4, -0.2) is 58.5 Å². The summed E-state index contributed by atoms with van der Waals surface area (Å²) in [6, 6.07) is 6.42. The van der Waals surface area contributed by atoms with Crippen LogP contribution in [0.4, 0.5) is 13.2 Å². The third kappa shape index (κ3) is 3.65. The van der Waals surface area contributed by atoms with Gasteiger partial charge in [-0.3, -0.25) is 4.90 Å². The molecule has 1 fully saturated rings. The normalized spacial score (nSPS) is 18.4. The summed E-state index contributed by atoms with van der Waals surface area (Å²) >= 11 is 0. The molecule has 0 bridgehead atoms. The largest absolute Gasteiger partial charge is 0.449 e. The van der Waals surface area contributed by atoms with Crippen molar-refractivity contribution in [2.45, 2.75) is 18.8 Å². The van der Waals surface area contributed by atoms with Crippen molar-refractivity contribution in [3.05, 3.63) is 30.1 Å². The van der Waals surface area contributed by atoms with Gasteiger partial charge in [0.15, 0.2) is 0 Å². The van der Waals surface area contributed by atoms with Crippen LogP contribution in [0.5, 0.6) is 0 Å². The van der Waals surface area contributed by atoms with Gasteiger partial charge in [0.2, 0.25) is 5.82 Å². The maximum atomic E-state index is 13.2. The van der Waals surface area contributed by atoms with Crippen molar-refractivity contribution in [1.29, 1.82) is 0 Å². The number of benzene rings is 1. The van der Waals surface area contributed by atoms with E-state index in [-0.39, 0.29) is 12.1 Å². The summed E-state index contributed by atoms with van der Waals surface area (Å²) in [5.41, 5.74) is 0.652. The molecule has 23 heavy (non-hydrogen) atoms. The van der Waals surface area contributed by atoms with E-state index in [0.717, 1.165) is 4.57 Å². The number of aliphatic hydroxyl groups is 1. The molecule has 1 aliphatic rings. The quantitative estimate of drug-likeness (QED) is 0.928. The second-order valence-electron chi connectivity index (χ2n) is 5.60. The predicted molar refractivity (Wildman–Crippen MR) is 78.0 cm³/mol. The van der Waals surface area contributed by atoms with Crippen LogP contribution in [0.1, 0.15) is 5.82 Å². The van der Waals surface area contributed by atoms with E-state index in [0.29, 0.717) is 38.4 Å². The smallest absolute Gasteiger partial charge is 0.390 e. The van der Waals surface area contributed by atoms with Gasteiger partial charge in [0, 0.05) is 19.6 Å². The van der Waals surface area contributed by atoms with E-state index in [2.05, 4.69) is 4.98 Å². The Morgan fingerprint density at radius 3 is 2.57 bits per heavy atom. The van der Waals surface area contributed by atoms with Crippen molar-refractivity contribution in [1.82, 2.24) is 14.5 Å². The van der Waals surface area contributed by atoms with Crippen molar-refractivity contribution in [2.75, 3.05) is 32.8 Å². The Hall–Kier alpha value is -1.64. The molecule has 0 unspecified atom stereocenters. The second kappa shape index (κ2) is 6.46. The summed E-state index contributed by atoms with van der Waals surface area (Å²) in [6.07, 6.45) is -5.47. The Bertz CT molecular complexity index is 666. The summed E-state index contributed by atoms with van der Waals surface area (Å²) < 4.78 is 45.9. The number of hydrogen-bond acceptors (Lipinski definition) is 4. The molecule has 2 aromatic rings. The number of nitrogens with zero attached hydrogens (tertiary/aromatic N) is 3. The summed E-state index contributed by atoms with van der Waals surface area (Å²) in [7, 11) is 0. The lowest BCUT2D eigenvalue weighted by molar-refractivity contribution is -0.147. The van der Waals surface area contributed by atoms with Crippen molar-refractivity contribution in [3.8, 4) is 0 Å². The zero-order chi connectivity index (χ0) is 16.4. The number of aromatic nitrogens is 2. The summed E-state index contributed by atoms with van der Waals surface area (Å²) in [4.78, 5) is 5.66. The summed E-state index contributed by atoms with van der Waals surface area (Å²) in [6.45, 7) is 2.67. The van der Waals surface area contributed by atoms with Crippen LogP contribution in [-0.2, 0) is 17.5 Å². The zero-order valence-electron chi connectivity index (χ0n) is 12.5. The molecular formula is C15H18F3N3O2. The van der Waals surface area contributed by atoms with Crippen LogP contribution in [0.2, 0.25) is 0 Å². The number of imidazole rings is 1. The van der Waals surface area contributed by atoms with Gasteiger partial charge in [0.25, 0.3) is 0 Å². The van der Waals surface area contributed by atoms with Crippen LogP contribution in [0, 0.1) is 0 Å². The molecule has 0 aliphatic carbocycles. The van der Waals surface area contributed by atoms with Gasteiger partial charge in [-0.2, -0.15) is 13.2 Å². The number of β-amino-alcohol motifs (C(OH)–C–C–N with tert-alkyl or cyclic N) is 1. The molecule has 1 atom stereocenters. The van der Waals surface area contributed by atoms with Gasteiger partial charge in [0.1, 0.15) is 0 Å². The highest BCUT2D eigenvalue weighted by Gasteiger charge is 2.38. The van der Waals surface area contributed by atoms with Crippen LogP contribution >= 0.6 is 0 Å². The molecule has 0 saturated carbocycles. The number of morpholine rings is 1. The number of hydrogen-bond donors (Lipinski definition) is 1. The van der Waals surface area contributed by atoms with Gasteiger partial charge in [0.05, 0.1) is 36.9 Å². The molecule has 1 saturated heterocycles. The van der Waals surface area contributed by atoms with Crippen molar-refractivity contribution < 1.29 is 23.0 Å². The number of alkyl halides is 3. The average molecular weight is 329 g/mol. The molecule has 8 heteroatoms. The molecule has 1 aromatic carbocycles. The Morgan fingerprint density at radius 2 is 1.87 bits per heavy atom. The number of rotatable bonds is 4. The number of aliphatic hydroxyl groups excluding tert-OH is 1. The molecule has 0 spiro atoms. The van der Waals surface area contributed by atoms with Gasteiger partial charge < -0.3 is 14.4 Å². The fourth-order valence-electron chi connectivity index (χ4n) is 2.83. The third-order valence-corrected chi connectivity index (χ3v) is 3.87. The molecule has 3 rings (SSSR count). The molecule has 126 valence electrons. The zero-order valence-corrected chi connectivity index (χ0v) is 12.5. The van der Waals surface area contributed by atoms with Crippen LogP contribution in [0.3, 0.4) is 0 Å². The fourth-order valence-corrected chi connectivity index (χ4v) is 2.83. The first-order valence-corrected chi connectivity index (χ1v) is 7.46. The second-order valence-corrected chi connectivity index (χ2v) is 5.60. The highest BCUT2D eigenvalue weighted by Crippen LogP contribution is 2.31. The Balaban J connectivity index is 1.83. The predicted octanol–water partition coefficient (Wildman–Crippen LogP) is 1.75. The fraction of sp³-hybridized carbons (Fsp3) is 0.533. The molecular weight excluding hydrogens is 311 g/mol. The van der Waals surface area contributed by atoms with Crippen LogP contribution in [0.15, 0.2) is 24.3 Å². The maximum absolute atomic E-state index is 13.2. The van der Waals surface area contributed by atoms with E-state index in [1.165, 1.54) is 6.07 Å². The topological polar surface area (TPSA) is 50.5 Å². The van der Waals surface area contributed by atoms with Gasteiger partial charge in [-0.15, -0.1) is 0 Å². The van der Waals surface area contributed by atoms with E-state index >= 15 is 0 Å². The van der Waals surface area contributed by atoms with Gasteiger partial charge >= 0.3 is 6.18 Å². The van der Waals surface area contributed by atoms with E-state index in [4.69, 9.17) is 4.74 Å². The standard InChI is InChI=1S/C15H18F3N3O2/c16-15(17,18)14-19-12-3-1-2-4-13(12)21(14)10-11(22)9-20-5-7-23-8-6-20/h1-4,11,22H,5-10H2/t11-/m0/s1. The lowest BCUT2D eigenvalue weighted by atomic mass is 10.2. The Morgan fingerprint density at radius 1 is 1.17 bits per heavy atom. The lowest BCUT2D eigenvalue weighted by Crippen LogP contribution is -2.42. The SMILES string of the molecule is O[C@@H](CN1CCOCC1)Cn1c(C(F)(F)F)nc2ccccc21. The summed E-state index contributed by atoms with van der Waals surface area (Å²) in [5, 5.41) is 10.2. The maximum Gasteiger partial charge on any atom is 0.449 e. The Kier molecular flexibility index (Phi) is 4.56. The van der Waals surface area contributed by atoms with Crippen LogP contribution < -0.4 is 0 Å². The summed E-state index contributed by atoms with van der Waals surface area (Å²) in [5.74, 6) is -0.972. The van der Waals surface area contributed by atoms with E-state index in [1.54, 1.807) is 18.2 Å². The molecule has 2 heterocycles. The minimum atomic E-state index is -4.56. The molecule has 0 amide bonds. The van der Waals surface area contributed by atoms with E-state index in [1.807, 2.05) is 4.90 Å². The first-order valence-electron chi connectivity index (χ1n) is 7.46. The Labute approximate surface area is 131 Å². The lowest BCUT2D eigenvalue weighted by Gasteiger charge is -2.28. The number of halogens is 3. The van der Waals surface area contributed by atoms with Crippen molar-refractivity contribution in [3.63, 3.8) is 0 Å². The van der Waals surface area contributed by atoms with Crippen molar-refractivity contribution >= 4 is 11.0 Å². The molecule has 1 N–H and O–H groups in total. The van der Waals surface area contributed by atoms with Crippen molar-refractivity contribution in [2.24, 2.45) is 0 Å². The molecule has 5 nitrogen and oxygen atoms in total. The van der Waals surface area contributed by atoms with Crippen LogP contribution in [0.25, 0.3) is 11.0 Å². The molecule has 1 aromatic heterocycles. The average Bonchev–Trinajstić information content (AvgIpc) is 2.87. The molecule has 1 aliphatic heterocycles. The highest BCUT2D eigenvalue weighted by molar-refractivity contribution is 5.76. The van der Waals surface area contributed by atoms with Gasteiger partial charge in [-0.1, -0.05) is 12.1 Å². The number of fused-ring (bicyclic) bond motifs is 1. The first-order chi connectivity index (χ1) is 10.9. The first kappa shape index (κ1) is 16.2. The third-order valence-electron chi connectivity index (χ3n) is 3.87. The van der Waals surface area contributed by atoms with Gasteiger partial charge in [-0.05, 0) is 12.1 Å². The van der Waals surface area contributed by atoms with E-state index < -0.39 is 18.1 Å². The molecule has 0 radical (unpaired) electrons. The highest BCUT2D eigenvalue weighted by atomic mass is 19.4. The van der Waals surface area contributed by atoms with Gasteiger partial charge in [-0.25, -0.2) is 4.98 Å². The minimum absolute atomic E-state index is 0.146. The monoisotopic (exact) mass is 329 g/mol. The number of para-hydroxylation sites is 2. The number of ether oxygens (including phenoxy) is 1. The van der Waals surface area contributed by atoms with E-state index in [9.17, 15) is 18.3 Å². The minimum Gasteiger partial charge on any atom is -0.390 e.